The van der Waals surface area contributed by atoms with Crippen molar-refractivity contribution in [1.29, 1.82) is 0 Å². The quantitative estimate of drug-likeness (QED) is 0.741. The van der Waals surface area contributed by atoms with Crippen LogP contribution in [-0.4, -0.2) is 17.3 Å². The van der Waals surface area contributed by atoms with Crippen molar-refractivity contribution in [1.82, 2.24) is 0 Å². The van der Waals surface area contributed by atoms with Gasteiger partial charge in [0.15, 0.2) is 0 Å². The van der Waals surface area contributed by atoms with Gasteiger partial charge in [-0.3, -0.25) is 0 Å². The molecule has 0 radical (unpaired) electrons. The second-order valence-electron chi connectivity index (χ2n) is 7.85. The van der Waals surface area contributed by atoms with E-state index in [1.54, 1.807) is 0 Å². The molecule has 0 saturated heterocycles. The highest BCUT2D eigenvalue weighted by Gasteiger charge is 2.26. The average molecular weight is 362 g/mol. The first kappa shape index (κ1) is 17.7. The zero-order chi connectivity index (χ0) is 19.0. The second-order valence-corrected chi connectivity index (χ2v) is 7.85. The van der Waals surface area contributed by atoms with Gasteiger partial charge in [0.25, 0.3) is 0 Å². The minimum absolute atomic E-state index is 0.303. The van der Waals surface area contributed by atoms with Crippen LogP contribution in [0.3, 0.4) is 0 Å². The Kier molecular flexibility index (Phi) is 4.47. The molecule has 27 heavy (non-hydrogen) atoms. The van der Waals surface area contributed by atoms with E-state index < -0.39 is 0 Å². The molecule has 0 amide bonds. The van der Waals surface area contributed by atoms with E-state index in [9.17, 15) is 5.11 Å². The predicted octanol–water partition coefficient (Wildman–Crippen LogP) is 5.85. The lowest BCUT2D eigenvalue weighted by Gasteiger charge is -2.30. The number of hydrogen-bond donors (Lipinski definition) is 1. The molecule has 2 aliphatic heterocycles. The first-order chi connectivity index (χ1) is 13.0. The molecule has 2 aromatic carbocycles. The third kappa shape index (κ3) is 3.46. The van der Waals surface area contributed by atoms with Gasteiger partial charge in [-0.05, 0) is 68.7 Å². The second kappa shape index (κ2) is 6.80. The first-order valence-electron chi connectivity index (χ1n) is 9.68. The van der Waals surface area contributed by atoms with Crippen molar-refractivity contribution in [2.24, 2.45) is 0 Å². The van der Waals surface area contributed by atoms with E-state index in [4.69, 9.17) is 9.47 Å². The molecule has 0 aliphatic carbocycles. The minimum Gasteiger partial charge on any atom is -0.507 e. The summed E-state index contributed by atoms with van der Waals surface area (Å²) in [5.41, 5.74) is 4.70. The number of ether oxygens (including phenoxy) is 2. The number of aryl methyl sites for hydroxylation is 1. The lowest BCUT2D eigenvalue weighted by Crippen LogP contribution is -2.27. The zero-order valence-electron chi connectivity index (χ0n) is 16.2. The molecule has 0 aromatic heterocycles. The largest absolute Gasteiger partial charge is 0.507 e. The number of aromatic hydroxyl groups is 1. The van der Waals surface area contributed by atoms with Crippen LogP contribution in [0.2, 0.25) is 0 Å². The number of unbranched alkanes of at least 4 members (excludes halogenated alkanes) is 1. The number of phenols is 1. The van der Waals surface area contributed by atoms with Crippen LogP contribution in [0.15, 0.2) is 36.4 Å². The summed E-state index contributed by atoms with van der Waals surface area (Å²) in [5, 5.41) is 10.5. The summed E-state index contributed by atoms with van der Waals surface area (Å²) < 4.78 is 12.1. The monoisotopic (exact) mass is 362 g/mol. The third-order valence-electron chi connectivity index (χ3n) is 5.14. The fourth-order valence-corrected chi connectivity index (χ4v) is 3.64. The molecule has 2 aromatic rings. The Hall–Kier alpha value is -2.68. The molecule has 0 unspecified atom stereocenters. The predicted molar refractivity (Wildman–Crippen MR) is 110 cm³/mol. The van der Waals surface area contributed by atoms with Crippen LogP contribution < -0.4 is 9.47 Å². The highest BCUT2D eigenvalue weighted by molar-refractivity contribution is 5.89. The van der Waals surface area contributed by atoms with E-state index in [0.29, 0.717) is 12.4 Å². The summed E-state index contributed by atoms with van der Waals surface area (Å²) in [6.07, 6.45) is 9.52. The van der Waals surface area contributed by atoms with Crippen molar-refractivity contribution < 1.29 is 14.6 Å². The summed E-state index contributed by atoms with van der Waals surface area (Å²) in [6.45, 7) is 6.69. The SMILES string of the molecule is CCCCc1ccc(C2=Cc3ccc4c(c3OC2)C=CC(C)(C)O4)c(O)c1. The smallest absolute Gasteiger partial charge is 0.137 e. The molecule has 0 bridgehead atoms. The van der Waals surface area contributed by atoms with E-state index in [-0.39, 0.29) is 5.60 Å². The van der Waals surface area contributed by atoms with Gasteiger partial charge in [-0.15, -0.1) is 0 Å². The van der Waals surface area contributed by atoms with Gasteiger partial charge in [0.2, 0.25) is 0 Å². The molecule has 0 atom stereocenters. The molecule has 3 heteroatoms. The van der Waals surface area contributed by atoms with Gasteiger partial charge in [-0.1, -0.05) is 25.5 Å². The molecule has 0 fully saturated rings. The Bertz CT molecular complexity index is 935. The van der Waals surface area contributed by atoms with Crippen LogP contribution in [0.25, 0.3) is 17.7 Å². The van der Waals surface area contributed by atoms with Crippen LogP contribution in [0.5, 0.6) is 17.2 Å². The van der Waals surface area contributed by atoms with Gasteiger partial charge in [0.1, 0.15) is 29.5 Å². The first-order valence-corrected chi connectivity index (χ1v) is 9.68. The maximum absolute atomic E-state index is 10.5. The minimum atomic E-state index is -0.303. The van der Waals surface area contributed by atoms with Crippen molar-refractivity contribution >= 4 is 17.7 Å². The molecule has 0 saturated carbocycles. The Morgan fingerprint density at radius 3 is 2.78 bits per heavy atom. The Balaban J connectivity index is 1.66. The fraction of sp³-hybridized carbons (Fsp3) is 0.333. The zero-order valence-corrected chi connectivity index (χ0v) is 16.2. The Morgan fingerprint density at radius 2 is 2.00 bits per heavy atom. The van der Waals surface area contributed by atoms with Gasteiger partial charge < -0.3 is 14.6 Å². The fourth-order valence-electron chi connectivity index (χ4n) is 3.64. The average Bonchev–Trinajstić information content (AvgIpc) is 2.65. The van der Waals surface area contributed by atoms with Crippen LogP contribution in [0.4, 0.5) is 0 Å². The molecule has 3 nitrogen and oxygen atoms in total. The maximum Gasteiger partial charge on any atom is 0.137 e. The standard InChI is InChI=1S/C24H26O3/c1-4-5-6-16-7-9-19(21(25)13-16)18-14-17-8-10-22-20(23(17)26-15-18)11-12-24(2,3)27-22/h7-14,25H,4-6,15H2,1-3H3. The molecule has 4 rings (SSSR count). The van der Waals surface area contributed by atoms with E-state index in [2.05, 4.69) is 31.2 Å². The van der Waals surface area contributed by atoms with E-state index in [0.717, 1.165) is 53.0 Å². The molecule has 2 aliphatic rings. The number of benzene rings is 2. The summed E-state index contributed by atoms with van der Waals surface area (Å²) in [6, 6.07) is 10.0. The Morgan fingerprint density at radius 1 is 1.15 bits per heavy atom. The van der Waals surface area contributed by atoms with Gasteiger partial charge >= 0.3 is 0 Å². The van der Waals surface area contributed by atoms with Crippen LogP contribution in [-0.2, 0) is 6.42 Å². The van der Waals surface area contributed by atoms with Crippen LogP contribution >= 0.6 is 0 Å². The van der Waals surface area contributed by atoms with E-state index >= 15 is 0 Å². The van der Waals surface area contributed by atoms with Gasteiger partial charge in [-0.2, -0.15) is 0 Å². The van der Waals surface area contributed by atoms with Crippen molar-refractivity contribution in [2.75, 3.05) is 6.61 Å². The van der Waals surface area contributed by atoms with Gasteiger partial charge in [0, 0.05) is 16.7 Å². The summed E-state index contributed by atoms with van der Waals surface area (Å²) in [4.78, 5) is 0. The normalized spacial score (nSPS) is 16.6. The van der Waals surface area contributed by atoms with E-state index in [1.165, 1.54) is 5.56 Å². The highest BCUT2D eigenvalue weighted by atomic mass is 16.5. The molecular formula is C24H26O3. The highest BCUT2D eigenvalue weighted by Crippen LogP contribution is 2.43. The molecular weight excluding hydrogens is 336 g/mol. The summed E-state index contributed by atoms with van der Waals surface area (Å²) in [5.74, 6) is 2.02. The third-order valence-corrected chi connectivity index (χ3v) is 5.14. The maximum atomic E-state index is 10.5. The van der Waals surface area contributed by atoms with Crippen molar-refractivity contribution in [3.05, 3.63) is 58.7 Å². The molecule has 140 valence electrons. The summed E-state index contributed by atoms with van der Waals surface area (Å²) in [7, 11) is 0. The molecule has 1 N–H and O–H groups in total. The van der Waals surface area contributed by atoms with Crippen LogP contribution in [0, 0.1) is 0 Å². The number of hydrogen-bond acceptors (Lipinski definition) is 3. The van der Waals surface area contributed by atoms with Crippen molar-refractivity contribution in [3.8, 4) is 17.2 Å². The van der Waals surface area contributed by atoms with Gasteiger partial charge in [-0.25, -0.2) is 0 Å². The lowest BCUT2D eigenvalue weighted by atomic mass is 9.94. The topological polar surface area (TPSA) is 38.7 Å². The Labute approximate surface area is 160 Å². The molecule has 0 spiro atoms. The van der Waals surface area contributed by atoms with E-state index in [1.807, 2.05) is 38.1 Å². The summed E-state index contributed by atoms with van der Waals surface area (Å²) >= 11 is 0. The number of fused-ring (bicyclic) bond motifs is 3. The number of rotatable bonds is 4. The van der Waals surface area contributed by atoms with Crippen molar-refractivity contribution in [2.45, 2.75) is 45.6 Å². The van der Waals surface area contributed by atoms with Gasteiger partial charge in [0.05, 0.1) is 5.56 Å². The number of phenolic OH excluding ortho intramolecular Hbond substituents is 1. The lowest BCUT2D eigenvalue weighted by molar-refractivity contribution is 0.158. The van der Waals surface area contributed by atoms with Crippen molar-refractivity contribution in [3.63, 3.8) is 0 Å². The molecule has 2 heterocycles. The van der Waals surface area contributed by atoms with Crippen LogP contribution in [0.1, 0.15) is 55.9 Å².